The molecule has 29 heavy (non-hydrogen) atoms. The van der Waals surface area contributed by atoms with Gasteiger partial charge in [0.25, 0.3) is 0 Å². The molecule has 0 spiro atoms. The Balaban J connectivity index is 1.48. The minimum atomic E-state index is -3.38. The Hall–Kier alpha value is -2.24. The van der Waals surface area contributed by atoms with Crippen LogP contribution < -0.4 is 15.4 Å². The Bertz CT molecular complexity index is 907. The lowest BCUT2D eigenvalue weighted by molar-refractivity contribution is 0.0200. The first kappa shape index (κ1) is 21.5. The average Bonchev–Trinajstić information content (AvgIpc) is 3.14. The second-order valence-corrected chi connectivity index (χ2v) is 8.75. The molecule has 0 aliphatic carbocycles. The quantitative estimate of drug-likeness (QED) is 0.391. The number of sulfonamides is 1. The zero-order chi connectivity index (χ0) is 20.5. The molecule has 1 atom stereocenters. The summed E-state index contributed by atoms with van der Waals surface area (Å²) in [6.45, 7) is 4.22. The Morgan fingerprint density at radius 2 is 2.21 bits per heavy atom. The number of aliphatic imine (C=N–C) groups is 1. The molecular formula is C18H29N7O3S. The predicted molar refractivity (Wildman–Crippen MR) is 111 cm³/mol. The Morgan fingerprint density at radius 1 is 1.31 bits per heavy atom. The highest BCUT2D eigenvalue weighted by molar-refractivity contribution is 7.89. The largest absolute Gasteiger partial charge is 0.377 e. The van der Waals surface area contributed by atoms with Crippen molar-refractivity contribution >= 4 is 21.6 Å². The number of hydrogen-bond donors (Lipinski definition) is 3. The van der Waals surface area contributed by atoms with Crippen LogP contribution in [-0.2, 0) is 21.3 Å². The van der Waals surface area contributed by atoms with Crippen LogP contribution in [-0.4, -0.2) is 67.1 Å². The fourth-order valence-corrected chi connectivity index (χ4v) is 4.01. The lowest BCUT2D eigenvalue weighted by Gasteiger charge is -2.22. The van der Waals surface area contributed by atoms with E-state index in [1.807, 2.05) is 35.7 Å². The van der Waals surface area contributed by atoms with Crippen molar-refractivity contribution in [2.24, 2.45) is 4.99 Å². The van der Waals surface area contributed by atoms with Crippen LogP contribution in [0.3, 0.4) is 0 Å². The van der Waals surface area contributed by atoms with Crippen molar-refractivity contribution in [3.63, 3.8) is 0 Å². The van der Waals surface area contributed by atoms with E-state index in [2.05, 4.69) is 30.5 Å². The smallest absolute Gasteiger partial charge is 0.213 e. The van der Waals surface area contributed by atoms with Gasteiger partial charge < -0.3 is 15.4 Å². The molecule has 0 bridgehead atoms. The number of pyridine rings is 1. The molecule has 3 N–H and O–H groups in total. The second-order valence-electron chi connectivity index (χ2n) is 6.82. The summed E-state index contributed by atoms with van der Waals surface area (Å²) in [7, 11) is -3.38. The van der Waals surface area contributed by atoms with Crippen LogP contribution in [0.2, 0.25) is 0 Å². The van der Waals surface area contributed by atoms with Gasteiger partial charge in [-0.15, -0.1) is 10.2 Å². The van der Waals surface area contributed by atoms with E-state index in [-0.39, 0.29) is 18.4 Å². The van der Waals surface area contributed by atoms with Crippen molar-refractivity contribution < 1.29 is 13.2 Å². The monoisotopic (exact) mass is 423 g/mol. The molecule has 1 aliphatic heterocycles. The molecule has 1 fully saturated rings. The molecular weight excluding hydrogens is 394 g/mol. The summed E-state index contributed by atoms with van der Waals surface area (Å²) in [5.74, 6) is 1.20. The average molecular weight is 424 g/mol. The number of aromatic nitrogens is 3. The maximum Gasteiger partial charge on any atom is 0.213 e. The highest BCUT2D eigenvalue weighted by Gasteiger charge is 2.17. The minimum Gasteiger partial charge on any atom is -0.377 e. The number of fused-ring (bicyclic) bond motifs is 1. The predicted octanol–water partition coefficient (Wildman–Crippen LogP) is 0.273. The Labute approximate surface area is 171 Å². The van der Waals surface area contributed by atoms with Gasteiger partial charge in [0.05, 0.1) is 11.9 Å². The van der Waals surface area contributed by atoms with Crippen molar-refractivity contribution in [1.82, 2.24) is 30.0 Å². The SMILES string of the molecule is CCNC(=NCc1nnc2ccccn12)NCCS(=O)(=O)NCC1CCCCO1. The molecule has 3 heterocycles. The van der Waals surface area contributed by atoms with Crippen molar-refractivity contribution in [2.45, 2.75) is 38.8 Å². The van der Waals surface area contributed by atoms with E-state index in [4.69, 9.17) is 4.74 Å². The molecule has 3 rings (SSSR count). The van der Waals surface area contributed by atoms with Gasteiger partial charge in [0.15, 0.2) is 17.4 Å². The molecule has 160 valence electrons. The van der Waals surface area contributed by atoms with E-state index in [0.29, 0.717) is 38.0 Å². The van der Waals surface area contributed by atoms with Crippen LogP contribution in [0.4, 0.5) is 0 Å². The van der Waals surface area contributed by atoms with E-state index in [9.17, 15) is 8.42 Å². The number of ether oxygens (including phenoxy) is 1. The first-order valence-corrected chi connectivity index (χ1v) is 11.6. The maximum absolute atomic E-state index is 12.2. The van der Waals surface area contributed by atoms with Crippen molar-refractivity contribution in [2.75, 3.05) is 32.0 Å². The van der Waals surface area contributed by atoms with Gasteiger partial charge >= 0.3 is 0 Å². The standard InChI is InChI=1S/C18H29N7O3S/c1-2-19-18(21-14-17-24-23-16-8-3-5-10-25(16)17)20-9-12-29(26,27)22-13-15-7-4-6-11-28-15/h3,5,8,10,15,22H,2,4,6-7,9,11-14H2,1H3,(H2,19,20,21). The Kier molecular flexibility index (Phi) is 7.78. The fraction of sp³-hybridized carbons (Fsp3) is 0.611. The number of nitrogens with zero attached hydrogens (tertiary/aromatic N) is 4. The zero-order valence-corrected chi connectivity index (χ0v) is 17.5. The lowest BCUT2D eigenvalue weighted by Crippen LogP contribution is -2.42. The van der Waals surface area contributed by atoms with Crippen LogP contribution >= 0.6 is 0 Å². The Morgan fingerprint density at radius 3 is 3.00 bits per heavy atom. The van der Waals surface area contributed by atoms with Gasteiger partial charge in [0.1, 0.15) is 6.54 Å². The van der Waals surface area contributed by atoms with Gasteiger partial charge in [-0.1, -0.05) is 6.07 Å². The molecule has 0 radical (unpaired) electrons. The van der Waals surface area contributed by atoms with E-state index in [1.54, 1.807) is 0 Å². The summed E-state index contributed by atoms with van der Waals surface area (Å²) in [4.78, 5) is 4.48. The van der Waals surface area contributed by atoms with E-state index >= 15 is 0 Å². The van der Waals surface area contributed by atoms with Crippen molar-refractivity contribution in [3.8, 4) is 0 Å². The van der Waals surface area contributed by atoms with Gasteiger partial charge in [-0.05, 0) is 38.3 Å². The molecule has 2 aromatic rings. The summed E-state index contributed by atoms with van der Waals surface area (Å²) in [5, 5.41) is 14.4. The van der Waals surface area contributed by atoms with Gasteiger partial charge in [-0.2, -0.15) is 0 Å². The number of nitrogens with one attached hydrogen (secondary N) is 3. The fourth-order valence-electron chi connectivity index (χ4n) is 3.05. The van der Waals surface area contributed by atoms with Crippen molar-refractivity contribution in [1.29, 1.82) is 0 Å². The summed E-state index contributed by atoms with van der Waals surface area (Å²) >= 11 is 0. The van der Waals surface area contributed by atoms with Crippen LogP contribution in [0, 0.1) is 0 Å². The summed E-state index contributed by atoms with van der Waals surface area (Å²) in [6, 6.07) is 5.68. The maximum atomic E-state index is 12.2. The normalized spacial score (nSPS) is 18.1. The molecule has 2 aromatic heterocycles. The van der Waals surface area contributed by atoms with Gasteiger partial charge in [-0.25, -0.2) is 18.1 Å². The highest BCUT2D eigenvalue weighted by atomic mass is 32.2. The summed E-state index contributed by atoms with van der Waals surface area (Å²) < 4.78 is 34.5. The molecule has 1 unspecified atom stereocenters. The summed E-state index contributed by atoms with van der Waals surface area (Å²) in [6.07, 6.45) is 4.88. The molecule has 11 heteroatoms. The van der Waals surface area contributed by atoms with Gasteiger partial charge in [0.2, 0.25) is 10.0 Å². The lowest BCUT2D eigenvalue weighted by atomic mass is 10.1. The first-order valence-electron chi connectivity index (χ1n) is 9.97. The van der Waals surface area contributed by atoms with Crippen LogP contribution in [0.25, 0.3) is 5.65 Å². The van der Waals surface area contributed by atoms with Crippen molar-refractivity contribution in [3.05, 3.63) is 30.2 Å². The number of rotatable bonds is 9. The minimum absolute atomic E-state index is 0.0247. The van der Waals surface area contributed by atoms with E-state index in [0.717, 1.165) is 24.9 Å². The summed E-state index contributed by atoms with van der Waals surface area (Å²) in [5.41, 5.74) is 0.759. The number of hydrogen-bond acceptors (Lipinski definition) is 6. The molecule has 1 saturated heterocycles. The van der Waals surface area contributed by atoms with Gasteiger partial charge in [0, 0.05) is 32.4 Å². The number of guanidine groups is 1. The molecule has 0 aromatic carbocycles. The molecule has 1 aliphatic rings. The zero-order valence-electron chi connectivity index (χ0n) is 16.7. The molecule has 0 saturated carbocycles. The first-order chi connectivity index (χ1) is 14.1. The second kappa shape index (κ2) is 10.5. The molecule has 0 amide bonds. The third-order valence-electron chi connectivity index (χ3n) is 4.58. The van der Waals surface area contributed by atoms with Crippen LogP contribution in [0.15, 0.2) is 29.4 Å². The van der Waals surface area contributed by atoms with Gasteiger partial charge in [-0.3, -0.25) is 4.40 Å². The highest BCUT2D eigenvalue weighted by Crippen LogP contribution is 2.11. The van der Waals surface area contributed by atoms with E-state index in [1.165, 1.54) is 0 Å². The van der Waals surface area contributed by atoms with Crippen LogP contribution in [0.1, 0.15) is 32.0 Å². The molecule has 10 nitrogen and oxygen atoms in total. The van der Waals surface area contributed by atoms with Crippen LogP contribution in [0.5, 0.6) is 0 Å². The third kappa shape index (κ3) is 6.65. The third-order valence-corrected chi connectivity index (χ3v) is 5.92. The van der Waals surface area contributed by atoms with E-state index < -0.39 is 10.0 Å². The topological polar surface area (TPSA) is 122 Å².